The maximum atomic E-state index is 5.55. The van der Waals surface area contributed by atoms with Gasteiger partial charge >= 0.3 is 0 Å². The van der Waals surface area contributed by atoms with Crippen LogP contribution < -0.4 is 14.8 Å². The summed E-state index contributed by atoms with van der Waals surface area (Å²) in [5.41, 5.74) is 1.13. The third-order valence-electron chi connectivity index (χ3n) is 3.90. The number of hydrogen-bond acceptors (Lipinski definition) is 4. The fraction of sp³-hybridized carbons (Fsp3) is 0.600. The monoisotopic (exact) mass is 281 g/mol. The van der Waals surface area contributed by atoms with Gasteiger partial charge in [-0.2, -0.15) is 11.8 Å². The maximum absolute atomic E-state index is 5.55. The second-order valence-electron chi connectivity index (χ2n) is 5.06. The van der Waals surface area contributed by atoms with E-state index in [0.29, 0.717) is 0 Å². The second kappa shape index (κ2) is 6.06. The molecule has 0 aliphatic carbocycles. The molecule has 0 aromatic heterocycles. The standard InChI is InChI=1S/C15H23NO2S/c1-15(9-6-10-19-15)14(16-2)13-11(17-3)7-5-8-12(13)18-4/h5,7-8,14,16H,6,9-10H2,1-4H3. The molecular weight excluding hydrogens is 258 g/mol. The number of ether oxygens (including phenoxy) is 2. The van der Waals surface area contributed by atoms with Gasteiger partial charge in [0.25, 0.3) is 0 Å². The lowest BCUT2D eigenvalue weighted by atomic mass is 9.89. The Labute approximate surface area is 120 Å². The van der Waals surface area contributed by atoms with Crippen LogP contribution in [0, 0.1) is 0 Å². The minimum atomic E-state index is 0.191. The Balaban J connectivity index is 2.47. The maximum Gasteiger partial charge on any atom is 0.127 e. The number of methoxy groups -OCH3 is 2. The molecule has 2 atom stereocenters. The first-order valence-electron chi connectivity index (χ1n) is 6.68. The zero-order valence-electron chi connectivity index (χ0n) is 12.2. The van der Waals surface area contributed by atoms with Crippen molar-refractivity contribution >= 4 is 11.8 Å². The first kappa shape index (κ1) is 14.5. The van der Waals surface area contributed by atoms with Crippen LogP contribution in [0.2, 0.25) is 0 Å². The zero-order chi connectivity index (χ0) is 13.9. The molecule has 3 nitrogen and oxygen atoms in total. The molecule has 19 heavy (non-hydrogen) atoms. The minimum absolute atomic E-state index is 0.191. The first-order valence-corrected chi connectivity index (χ1v) is 7.67. The predicted octanol–water partition coefficient (Wildman–Crippen LogP) is 3.25. The van der Waals surface area contributed by atoms with E-state index in [4.69, 9.17) is 9.47 Å². The highest BCUT2D eigenvalue weighted by Gasteiger charge is 2.40. The highest BCUT2D eigenvalue weighted by molar-refractivity contribution is 8.00. The molecule has 0 spiro atoms. The fourth-order valence-corrected chi connectivity index (χ4v) is 4.39. The predicted molar refractivity (Wildman–Crippen MR) is 81.4 cm³/mol. The van der Waals surface area contributed by atoms with Crippen LogP contribution in [0.3, 0.4) is 0 Å². The molecule has 0 radical (unpaired) electrons. The first-order chi connectivity index (χ1) is 9.16. The minimum Gasteiger partial charge on any atom is -0.496 e. The van der Waals surface area contributed by atoms with Crippen molar-refractivity contribution in [2.24, 2.45) is 0 Å². The van der Waals surface area contributed by atoms with E-state index >= 15 is 0 Å². The van der Waals surface area contributed by atoms with Gasteiger partial charge in [-0.3, -0.25) is 0 Å². The summed E-state index contributed by atoms with van der Waals surface area (Å²) in [6.07, 6.45) is 2.49. The van der Waals surface area contributed by atoms with Crippen molar-refractivity contribution in [2.45, 2.75) is 30.6 Å². The molecule has 0 saturated carbocycles. The number of hydrogen-bond donors (Lipinski definition) is 1. The average molecular weight is 281 g/mol. The van der Waals surface area contributed by atoms with Crippen LogP contribution in [-0.4, -0.2) is 31.8 Å². The van der Waals surface area contributed by atoms with Crippen molar-refractivity contribution < 1.29 is 9.47 Å². The van der Waals surface area contributed by atoms with Crippen LogP contribution in [0.15, 0.2) is 18.2 Å². The van der Waals surface area contributed by atoms with E-state index in [9.17, 15) is 0 Å². The van der Waals surface area contributed by atoms with Crippen LogP contribution in [0.4, 0.5) is 0 Å². The molecule has 1 aliphatic rings. The highest BCUT2D eigenvalue weighted by atomic mass is 32.2. The molecule has 4 heteroatoms. The van der Waals surface area contributed by atoms with Gasteiger partial charge in [0.1, 0.15) is 11.5 Å². The van der Waals surface area contributed by atoms with Crippen LogP contribution in [0.1, 0.15) is 31.4 Å². The van der Waals surface area contributed by atoms with Crippen LogP contribution in [-0.2, 0) is 0 Å². The molecular formula is C15H23NO2S. The zero-order valence-corrected chi connectivity index (χ0v) is 13.0. The largest absolute Gasteiger partial charge is 0.496 e. The summed E-state index contributed by atoms with van der Waals surface area (Å²) in [5.74, 6) is 3.02. The van der Waals surface area contributed by atoms with E-state index in [1.165, 1.54) is 18.6 Å². The SMILES string of the molecule is CNC(c1c(OC)cccc1OC)C1(C)CCCS1. The molecule has 1 aliphatic heterocycles. The number of rotatable bonds is 5. The lowest BCUT2D eigenvalue weighted by molar-refractivity contribution is 0.354. The molecule has 1 saturated heterocycles. The molecule has 2 unspecified atom stereocenters. The number of nitrogens with one attached hydrogen (secondary N) is 1. The quantitative estimate of drug-likeness (QED) is 0.897. The van der Waals surface area contributed by atoms with Crippen molar-refractivity contribution in [1.29, 1.82) is 0 Å². The molecule has 1 aromatic carbocycles. The van der Waals surface area contributed by atoms with Crippen LogP contribution in [0.25, 0.3) is 0 Å². The lowest BCUT2D eigenvalue weighted by Crippen LogP contribution is -2.36. The van der Waals surface area contributed by atoms with E-state index in [-0.39, 0.29) is 10.8 Å². The van der Waals surface area contributed by atoms with Gasteiger partial charge in [0.15, 0.2) is 0 Å². The molecule has 106 valence electrons. The highest BCUT2D eigenvalue weighted by Crippen LogP contribution is 2.50. The molecule has 1 N–H and O–H groups in total. The molecule has 0 amide bonds. The van der Waals surface area contributed by atoms with Gasteiger partial charge in [-0.05, 0) is 44.7 Å². The Kier molecular flexibility index (Phi) is 4.63. The third kappa shape index (κ3) is 2.70. The number of thioether (sulfide) groups is 1. The van der Waals surface area contributed by atoms with Crippen molar-refractivity contribution in [2.75, 3.05) is 27.0 Å². The van der Waals surface area contributed by atoms with Gasteiger partial charge in [-0.1, -0.05) is 6.07 Å². The Hall–Kier alpha value is -0.870. The van der Waals surface area contributed by atoms with Gasteiger partial charge < -0.3 is 14.8 Å². The molecule has 1 heterocycles. The van der Waals surface area contributed by atoms with Gasteiger partial charge in [-0.25, -0.2) is 0 Å². The summed E-state index contributed by atoms with van der Waals surface area (Å²) >= 11 is 2.04. The Bertz CT molecular complexity index is 408. The van der Waals surface area contributed by atoms with E-state index in [1.54, 1.807) is 14.2 Å². The summed E-state index contributed by atoms with van der Waals surface area (Å²) in [6.45, 7) is 2.33. The van der Waals surface area contributed by atoms with Gasteiger partial charge in [-0.15, -0.1) is 0 Å². The summed E-state index contributed by atoms with van der Waals surface area (Å²) in [5, 5.41) is 3.47. The smallest absolute Gasteiger partial charge is 0.127 e. The van der Waals surface area contributed by atoms with Gasteiger partial charge in [0, 0.05) is 4.75 Å². The Morgan fingerprint density at radius 1 is 1.26 bits per heavy atom. The van der Waals surface area contributed by atoms with Crippen molar-refractivity contribution in [3.8, 4) is 11.5 Å². The van der Waals surface area contributed by atoms with Crippen LogP contribution in [0.5, 0.6) is 11.5 Å². The van der Waals surface area contributed by atoms with E-state index in [0.717, 1.165) is 17.1 Å². The van der Waals surface area contributed by atoms with E-state index in [1.807, 2.05) is 37.0 Å². The fourth-order valence-electron chi connectivity index (χ4n) is 2.95. The third-order valence-corrected chi connectivity index (χ3v) is 5.50. The molecule has 0 bridgehead atoms. The van der Waals surface area contributed by atoms with Crippen molar-refractivity contribution in [3.63, 3.8) is 0 Å². The Morgan fingerprint density at radius 3 is 2.32 bits per heavy atom. The van der Waals surface area contributed by atoms with E-state index in [2.05, 4.69) is 12.2 Å². The second-order valence-corrected chi connectivity index (χ2v) is 6.69. The van der Waals surface area contributed by atoms with Crippen molar-refractivity contribution in [3.05, 3.63) is 23.8 Å². The summed E-state index contributed by atoms with van der Waals surface area (Å²) < 4.78 is 11.3. The number of benzene rings is 1. The topological polar surface area (TPSA) is 30.5 Å². The summed E-state index contributed by atoms with van der Waals surface area (Å²) in [4.78, 5) is 0. The normalized spacial score (nSPS) is 24.2. The summed E-state index contributed by atoms with van der Waals surface area (Å²) in [6, 6.07) is 6.21. The summed E-state index contributed by atoms with van der Waals surface area (Å²) in [7, 11) is 5.45. The van der Waals surface area contributed by atoms with Gasteiger partial charge in [0.05, 0.1) is 25.8 Å². The lowest BCUT2D eigenvalue weighted by Gasteiger charge is -2.35. The molecule has 1 aromatic rings. The molecule has 1 fully saturated rings. The Morgan fingerprint density at radius 2 is 1.89 bits per heavy atom. The molecule has 2 rings (SSSR count). The average Bonchev–Trinajstić information content (AvgIpc) is 2.87. The van der Waals surface area contributed by atoms with Crippen molar-refractivity contribution in [1.82, 2.24) is 5.32 Å². The van der Waals surface area contributed by atoms with E-state index < -0.39 is 0 Å². The van der Waals surface area contributed by atoms with Gasteiger partial charge in [0.2, 0.25) is 0 Å². The van der Waals surface area contributed by atoms with Crippen LogP contribution >= 0.6 is 11.8 Å².